The van der Waals surface area contributed by atoms with Crippen LogP contribution in [0.3, 0.4) is 0 Å². The van der Waals surface area contributed by atoms with Gasteiger partial charge in [0.1, 0.15) is 0 Å². The van der Waals surface area contributed by atoms with Crippen LogP contribution in [0.25, 0.3) is 0 Å². The molecular weight excluding hydrogens is 268 g/mol. The van der Waals surface area contributed by atoms with E-state index in [9.17, 15) is 8.42 Å². The van der Waals surface area contributed by atoms with E-state index in [1.54, 1.807) is 20.8 Å². The van der Waals surface area contributed by atoms with Gasteiger partial charge in [0.05, 0.1) is 6.61 Å². The van der Waals surface area contributed by atoms with E-state index in [4.69, 9.17) is 17.8 Å². The van der Waals surface area contributed by atoms with Crippen LogP contribution in [0.4, 0.5) is 0 Å². The maximum Gasteiger partial charge on any atom is 0.503 e. The monoisotopic (exact) mass is 288 g/mol. The maximum atomic E-state index is 10.4. The molecule has 0 amide bonds. The predicted octanol–water partition coefficient (Wildman–Crippen LogP) is 0.854. The number of hydrogen-bond acceptors (Lipinski definition) is 6. The third-order valence-electron chi connectivity index (χ3n) is 1.73. The van der Waals surface area contributed by atoms with Crippen LogP contribution in [0, 0.1) is 0 Å². The van der Waals surface area contributed by atoms with Crippen molar-refractivity contribution in [1.82, 2.24) is 0 Å². The van der Waals surface area contributed by atoms with Crippen molar-refractivity contribution < 1.29 is 30.4 Å². The Kier molecular flexibility index (Phi) is 8.12. The minimum Gasteiger partial charge on any atom is -0.374 e. The molecule has 17 heavy (non-hydrogen) atoms. The molecule has 0 fully saturated rings. The van der Waals surface area contributed by atoms with Crippen LogP contribution in [0.15, 0.2) is 0 Å². The van der Waals surface area contributed by atoms with Crippen molar-refractivity contribution in [3.8, 4) is 0 Å². The Labute approximate surface area is 103 Å². The summed E-state index contributed by atoms with van der Waals surface area (Å²) in [5.41, 5.74) is 0. The molecule has 0 unspecified atom stereocenters. The Morgan fingerprint density at radius 2 is 1.41 bits per heavy atom. The first-order chi connectivity index (χ1) is 7.89. The van der Waals surface area contributed by atoms with Gasteiger partial charge in [-0.1, -0.05) is 0 Å². The fourth-order valence-electron chi connectivity index (χ4n) is 1.27. The SMILES string of the molecule is CCO[Si](CCOS(=O)(=O)O)(OCC)OCC. The van der Waals surface area contributed by atoms with Gasteiger partial charge < -0.3 is 13.3 Å². The second-order valence-corrected chi connectivity index (χ2v) is 6.80. The average Bonchev–Trinajstić information content (AvgIpc) is 2.16. The summed E-state index contributed by atoms with van der Waals surface area (Å²) >= 11 is 0. The Balaban J connectivity index is 4.43. The van der Waals surface area contributed by atoms with Crippen LogP contribution in [0.2, 0.25) is 6.04 Å². The lowest BCUT2D eigenvalue weighted by Gasteiger charge is -2.27. The molecule has 104 valence electrons. The van der Waals surface area contributed by atoms with E-state index in [1.165, 1.54) is 0 Å². The van der Waals surface area contributed by atoms with Crippen molar-refractivity contribution in [2.24, 2.45) is 0 Å². The maximum absolute atomic E-state index is 10.4. The summed E-state index contributed by atoms with van der Waals surface area (Å²) in [4.78, 5) is 0. The van der Waals surface area contributed by atoms with Gasteiger partial charge in [0, 0.05) is 25.9 Å². The third-order valence-corrected chi connectivity index (χ3v) is 5.20. The van der Waals surface area contributed by atoms with Gasteiger partial charge >= 0.3 is 19.2 Å². The molecule has 0 spiro atoms. The molecule has 0 aliphatic rings. The van der Waals surface area contributed by atoms with Gasteiger partial charge in [0.2, 0.25) is 0 Å². The lowest BCUT2D eigenvalue weighted by Crippen LogP contribution is -2.47. The average molecular weight is 288 g/mol. The van der Waals surface area contributed by atoms with Crippen molar-refractivity contribution in [3.63, 3.8) is 0 Å². The smallest absolute Gasteiger partial charge is 0.374 e. The van der Waals surface area contributed by atoms with Crippen molar-refractivity contribution >= 4 is 19.2 Å². The topological polar surface area (TPSA) is 91.3 Å². The number of rotatable bonds is 10. The van der Waals surface area contributed by atoms with Crippen molar-refractivity contribution in [2.75, 3.05) is 26.4 Å². The van der Waals surface area contributed by atoms with Gasteiger partial charge in [-0.25, -0.2) is 4.18 Å². The minimum absolute atomic E-state index is 0.169. The van der Waals surface area contributed by atoms with Crippen LogP contribution in [-0.2, 0) is 27.9 Å². The summed E-state index contributed by atoms with van der Waals surface area (Å²) in [5.74, 6) is 0. The Morgan fingerprint density at radius 1 is 1.00 bits per heavy atom. The summed E-state index contributed by atoms with van der Waals surface area (Å²) in [6.45, 7) is 6.36. The Morgan fingerprint density at radius 3 is 1.71 bits per heavy atom. The van der Waals surface area contributed by atoms with Gasteiger partial charge in [0.15, 0.2) is 0 Å². The van der Waals surface area contributed by atoms with Gasteiger partial charge in [-0.2, -0.15) is 8.42 Å². The molecule has 0 aromatic rings. The lowest BCUT2D eigenvalue weighted by molar-refractivity contribution is 0.0674. The first-order valence-electron chi connectivity index (χ1n) is 5.42. The van der Waals surface area contributed by atoms with Crippen molar-refractivity contribution in [1.29, 1.82) is 0 Å². The molecule has 1 N–H and O–H groups in total. The highest BCUT2D eigenvalue weighted by atomic mass is 32.3. The second-order valence-electron chi connectivity index (χ2n) is 2.98. The van der Waals surface area contributed by atoms with E-state index < -0.39 is 19.2 Å². The zero-order valence-electron chi connectivity index (χ0n) is 10.3. The molecule has 0 aliphatic carbocycles. The molecule has 0 rings (SSSR count). The predicted molar refractivity (Wildman–Crippen MR) is 62.9 cm³/mol. The van der Waals surface area contributed by atoms with E-state index in [2.05, 4.69) is 4.18 Å². The summed E-state index contributed by atoms with van der Waals surface area (Å²) in [6.07, 6.45) is 0. The quantitative estimate of drug-likeness (QED) is 0.470. The van der Waals surface area contributed by atoms with E-state index in [0.717, 1.165) is 0 Å². The molecule has 9 heteroatoms. The van der Waals surface area contributed by atoms with E-state index in [1.807, 2.05) is 0 Å². The molecular formula is C8H20O7SSi. The zero-order valence-corrected chi connectivity index (χ0v) is 12.2. The molecule has 0 aromatic heterocycles. The molecule has 0 heterocycles. The fraction of sp³-hybridized carbons (Fsp3) is 1.00. The molecule has 0 saturated heterocycles. The highest BCUT2D eigenvalue weighted by Crippen LogP contribution is 2.16. The highest BCUT2D eigenvalue weighted by molar-refractivity contribution is 7.80. The third kappa shape index (κ3) is 7.81. The number of hydrogen-bond donors (Lipinski definition) is 1. The standard InChI is InChI=1S/C8H20O7SSi/c1-4-13-17(14-5-2,15-6-3)8-7-12-16(9,10)11/h4-8H2,1-3H3,(H,9,10,11). The molecule has 0 saturated carbocycles. The minimum atomic E-state index is -4.44. The van der Waals surface area contributed by atoms with Gasteiger partial charge in [-0.3, -0.25) is 4.55 Å². The van der Waals surface area contributed by atoms with Crippen molar-refractivity contribution in [3.05, 3.63) is 0 Å². The Hall–Kier alpha value is -0.0331. The largest absolute Gasteiger partial charge is 0.503 e. The molecule has 0 radical (unpaired) electrons. The first kappa shape index (κ1) is 17.0. The van der Waals surface area contributed by atoms with Crippen LogP contribution in [0.5, 0.6) is 0 Å². The normalized spacial score (nSPS) is 12.9. The van der Waals surface area contributed by atoms with E-state index >= 15 is 0 Å². The van der Waals surface area contributed by atoms with E-state index in [-0.39, 0.29) is 12.7 Å². The van der Waals surface area contributed by atoms with Crippen LogP contribution < -0.4 is 0 Å². The van der Waals surface area contributed by atoms with Crippen LogP contribution in [0.1, 0.15) is 20.8 Å². The highest BCUT2D eigenvalue weighted by Gasteiger charge is 2.40. The second kappa shape index (κ2) is 8.14. The fourth-order valence-corrected chi connectivity index (χ4v) is 4.07. The van der Waals surface area contributed by atoms with Gasteiger partial charge in [0.25, 0.3) is 0 Å². The lowest BCUT2D eigenvalue weighted by atomic mass is 10.9. The molecule has 0 aliphatic heterocycles. The van der Waals surface area contributed by atoms with Crippen molar-refractivity contribution in [2.45, 2.75) is 26.8 Å². The molecule has 0 bridgehead atoms. The zero-order chi connectivity index (χ0) is 13.4. The van der Waals surface area contributed by atoms with Crippen LogP contribution in [-0.4, -0.2) is 48.2 Å². The van der Waals surface area contributed by atoms with Gasteiger partial charge in [-0.15, -0.1) is 0 Å². The molecule has 0 aromatic carbocycles. The molecule has 0 atom stereocenters. The van der Waals surface area contributed by atoms with E-state index in [0.29, 0.717) is 19.8 Å². The summed E-state index contributed by atoms with van der Waals surface area (Å²) in [5, 5.41) is 0. The summed E-state index contributed by atoms with van der Waals surface area (Å²) in [6, 6.07) is 0.169. The van der Waals surface area contributed by atoms with Crippen LogP contribution >= 0.6 is 0 Å². The summed E-state index contributed by atoms with van der Waals surface area (Å²) in [7, 11) is -7.33. The summed E-state index contributed by atoms with van der Waals surface area (Å²) < 4.78 is 49.9. The first-order valence-corrected chi connectivity index (χ1v) is 8.72. The Bertz CT molecular complexity index is 275. The van der Waals surface area contributed by atoms with Gasteiger partial charge in [-0.05, 0) is 20.8 Å². The molecule has 7 nitrogen and oxygen atoms in total.